The Bertz CT molecular complexity index is 810. The molecule has 112 valence electrons. The smallest absolute Gasteiger partial charge is 0.247 e. The van der Waals surface area contributed by atoms with Crippen molar-refractivity contribution in [3.05, 3.63) is 54.3 Å². The second-order valence-corrected chi connectivity index (χ2v) is 5.24. The molecule has 0 unspecified atom stereocenters. The van der Waals surface area contributed by atoms with E-state index < -0.39 is 6.04 Å². The minimum atomic E-state index is -0.391. The summed E-state index contributed by atoms with van der Waals surface area (Å²) in [7, 11) is 0. The van der Waals surface area contributed by atoms with Crippen molar-refractivity contribution in [2.24, 2.45) is 0 Å². The lowest BCUT2D eigenvalue weighted by atomic mass is 10.1. The zero-order valence-corrected chi connectivity index (χ0v) is 12.5. The van der Waals surface area contributed by atoms with E-state index in [9.17, 15) is 4.79 Å². The quantitative estimate of drug-likeness (QED) is 0.772. The second-order valence-electron chi connectivity index (χ2n) is 5.24. The Morgan fingerprint density at radius 1 is 1.14 bits per heavy atom. The molecule has 0 bridgehead atoms. The number of aromatic nitrogens is 1. The first-order valence-electron chi connectivity index (χ1n) is 7.11. The van der Waals surface area contributed by atoms with Crippen LogP contribution in [0.4, 0.5) is 11.5 Å². The van der Waals surface area contributed by atoms with E-state index in [1.807, 2.05) is 36.4 Å². The van der Waals surface area contributed by atoms with Gasteiger partial charge in [0.2, 0.25) is 5.91 Å². The number of carbonyl (C=O) groups is 1. The van der Waals surface area contributed by atoms with Gasteiger partial charge >= 0.3 is 0 Å². The molecule has 0 spiro atoms. The molecule has 1 aromatic heterocycles. The average Bonchev–Trinajstić information content (AvgIpc) is 2.92. The lowest BCUT2D eigenvalue weighted by molar-refractivity contribution is -0.116. The van der Waals surface area contributed by atoms with E-state index in [-0.39, 0.29) is 5.91 Å². The summed E-state index contributed by atoms with van der Waals surface area (Å²) >= 11 is 0. The van der Waals surface area contributed by atoms with Gasteiger partial charge in [-0.1, -0.05) is 35.5 Å². The van der Waals surface area contributed by atoms with Gasteiger partial charge in [0.1, 0.15) is 11.8 Å². The normalized spacial score (nSPS) is 12.1. The number of rotatable bonds is 4. The highest BCUT2D eigenvalue weighted by Crippen LogP contribution is 2.19. The van der Waals surface area contributed by atoms with E-state index in [2.05, 4.69) is 21.9 Å². The standard InChI is InChI=1S/C17H17N3O2/c1-11-9-16(20-22-11)19-17(21)12(2)18-15-8-7-13-5-3-4-6-14(13)10-15/h3-10,12,18H,1-2H3,(H,19,20,21)/t12-/m0/s1. The number of benzene rings is 2. The highest BCUT2D eigenvalue weighted by molar-refractivity contribution is 5.96. The lowest BCUT2D eigenvalue weighted by Gasteiger charge is -2.14. The summed E-state index contributed by atoms with van der Waals surface area (Å²) < 4.78 is 4.93. The predicted octanol–water partition coefficient (Wildman–Crippen LogP) is 3.58. The number of nitrogens with zero attached hydrogens (tertiary/aromatic N) is 1. The third kappa shape index (κ3) is 3.09. The first-order valence-corrected chi connectivity index (χ1v) is 7.11. The van der Waals surface area contributed by atoms with E-state index >= 15 is 0 Å². The van der Waals surface area contributed by atoms with Gasteiger partial charge < -0.3 is 15.2 Å². The number of anilines is 2. The van der Waals surface area contributed by atoms with Gasteiger partial charge in [0.05, 0.1) is 0 Å². The van der Waals surface area contributed by atoms with Crippen LogP contribution in [0.15, 0.2) is 53.1 Å². The summed E-state index contributed by atoms with van der Waals surface area (Å²) in [6.07, 6.45) is 0. The third-order valence-corrected chi connectivity index (χ3v) is 3.41. The first kappa shape index (κ1) is 14.1. The second kappa shape index (κ2) is 5.89. The molecular formula is C17H17N3O2. The number of amides is 1. The molecule has 5 nitrogen and oxygen atoms in total. The molecule has 2 aromatic carbocycles. The van der Waals surface area contributed by atoms with Crippen LogP contribution in [0.3, 0.4) is 0 Å². The van der Waals surface area contributed by atoms with Crippen molar-refractivity contribution >= 4 is 28.2 Å². The van der Waals surface area contributed by atoms with Crippen LogP contribution in [0, 0.1) is 6.92 Å². The van der Waals surface area contributed by atoms with Gasteiger partial charge in [0.25, 0.3) is 0 Å². The number of nitrogens with one attached hydrogen (secondary N) is 2. The molecule has 0 aliphatic heterocycles. The highest BCUT2D eigenvalue weighted by atomic mass is 16.5. The van der Waals surface area contributed by atoms with Crippen LogP contribution in [0.5, 0.6) is 0 Å². The van der Waals surface area contributed by atoms with Gasteiger partial charge in [0.15, 0.2) is 5.82 Å². The number of hydrogen-bond acceptors (Lipinski definition) is 4. The Morgan fingerprint density at radius 2 is 1.91 bits per heavy atom. The van der Waals surface area contributed by atoms with Crippen molar-refractivity contribution in [3.8, 4) is 0 Å². The molecule has 1 atom stereocenters. The van der Waals surface area contributed by atoms with Crippen molar-refractivity contribution in [1.29, 1.82) is 0 Å². The fraction of sp³-hybridized carbons (Fsp3) is 0.176. The van der Waals surface area contributed by atoms with E-state index in [1.165, 1.54) is 5.39 Å². The Labute approximate surface area is 128 Å². The van der Waals surface area contributed by atoms with Crippen LogP contribution < -0.4 is 10.6 Å². The number of hydrogen-bond donors (Lipinski definition) is 2. The van der Waals surface area contributed by atoms with Gasteiger partial charge in [-0.2, -0.15) is 0 Å². The maximum absolute atomic E-state index is 12.1. The van der Waals surface area contributed by atoms with Crippen molar-refractivity contribution in [3.63, 3.8) is 0 Å². The Morgan fingerprint density at radius 3 is 2.64 bits per heavy atom. The van der Waals surface area contributed by atoms with Crippen molar-refractivity contribution < 1.29 is 9.32 Å². The van der Waals surface area contributed by atoms with Gasteiger partial charge in [-0.15, -0.1) is 0 Å². The van der Waals surface area contributed by atoms with Gasteiger partial charge in [0, 0.05) is 11.8 Å². The van der Waals surface area contributed by atoms with E-state index in [1.54, 1.807) is 19.9 Å². The molecule has 0 aliphatic rings. The number of aryl methyl sites for hydroxylation is 1. The Balaban J connectivity index is 1.69. The molecule has 22 heavy (non-hydrogen) atoms. The summed E-state index contributed by atoms with van der Waals surface area (Å²) in [5.41, 5.74) is 0.901. The zero-order chi connectivity index (χ0) is 15.5. The van der Waals surface area contributed by atoms with Crippen LogP contribution in [-0.4, -0.2) is 17.1 Å². The molecule has 0 aliphatic carbocycles. The third-order valence-electron chi connectivity index (χ3n) is 3.41. The summed E-state index contributed by atoms with van der Waals surface area (Å²) in [5.74, 6) is 0.918. The molecule has 3 rings (SSSR count). The largest absolute Gasteiger partial charge is 0.374 e. The monoisotopic (exact) mass is 295 g/mol. The van der Waals surface area contributed by atoms with Gasteiger partial charge in [-0.3, -0.25) is 4.79 Å². The molecule has 1 heterocycles. The minimum absolute atomic E-state index is 0.165. The number of fused-ring (bicyclic) bond motifs is 1. The minimum Gasteiger partial charge on any atom is -0.374 e. The molecule has 3 aromatic rings. The molecule has 2 N–H and O–H groups in total. The van der Waals surface area contributed by atoms with Crippen LogP contribution in [0.2, 0.25) is 0 Å². The van der Waals surface area contributed by atoms with Crippen LogP contribution in [0.1, 0.15) is 12.7 Å². The van der Waals surface area contributed by atoms with E-state index in [0.29, 0.717) is 11.6 Å². The summed E-state index contributed by atoms with van der Waals surface area (Å²) in [5, 5.41) is 12.0. The van der Waals surface area contributed by atoms with Crippen molar-refractivity contribution in [1.82, 2.24) is 5.16 Å². The summed E-state index contributed by atoms with van der Waals surface area (Å²) in [4.78, 5) is 12.1. The molecule has 0 radical (unpaired) electrons. The van der Waals surface area contributed by atoms with Gasteiger partial charge in [-0.05, 0) is 36.8 Å². The molecular weight excluding hydrogens is 278 g/mol. The maximum Gasteiger partial charge on any atom is 0.247 e. The SMILES string of the molecule is Cc1cc(NC(=O)[C@H](C)Nc2ccc3ccccc3c2)no1. The van der Waals surface area contributed by atoms with E-state index in [0.717, 1.165) is 11.1 Å². The average molecular weight is 295 g/mol. The Hall–Kier alpha value is -2.82. The molecule has 0 saturated carbocycles. The molecule has 5 heteroatoms. The van der Waals surface area contributed by atoms with Crippen molar-refractivity contribution in [2.75, 3.05) is 10.6 Å². The fourth-order valence-corrected chi connectivity index (χ4v) is 2.25. The fourth-order valence-electron chi connectivity index (χ4n) is 2.25. The summed E-state index contributed by atoms with van der Waals surface area (Å²) in [6, 6.07) is 15.4. The first-order chi connectivity index (χ1) is 10.6. The molecule has 1 amide bonds. The van der Waals surface area contributed by atoms with Crippen molar-refractivity contribution in [2.45, 2.75) is 19.9 Å². The summed E-state index contributed by atoms with van der Waals surface area (Å²) in [6.45, 7) is 3.58. The Kier molecular flexibility index (Phi) is 3.78. The predicted molar refractivity (Wildman–Crippen MR) is 86.9 cm³/mol. The van der Waals surface area contributed by atoms with E-state index in [4.69, 9.17) is 4.52 Å². The zero-order valence-electron chi connectivity index (χ0n) is 12.5. The molecule has 0 fully saturated rings. The van der Waals surface area contributed by atoms with Crippen LogP contribution >= 0.6 is 0 Å². The lowest BCUT2D eigenvalue weighted by Crippen LogP contribution is -2.31. The number of carbonyl (C=O) groups excluding carboxylic acids is 1. The highest BCUT2D eigenvalue weighted by Gasteiger charge is 2.14. The topological polar surface area (TPSA) is 67.2 Å². The van der Waals surface area contributed by atoms with Crippen LogP contribution in [-0.2, 0) is 4.79 Å². The van der Waals surface area contributed by atoms with Gasteiger partial charge in [-0.25, -0.2) is 0 Å². The molecule has 0 saturated heterocycles. The maximum atomic E-state index is 12.1. The van der Waals surface area contributed by atoms with Crippen LogP contribution in [0.25, 0.3) is 10.8 Å².